The molecule has 7 nitrogen and oxygen atoms in total. The number of rotatable bonds is 8. The number of aryl methyl sites for hydroxylation is 1. The summed E-state index contributed by atoms with van der Waals surface area (Å²) < 4.78 is 25.6. The minimum Gasteiger partial charge on any atom is -0.283 e. The van der Waals surface area contributed by atoms with E-state index in [1.54, 1.807) is 11.1 Å². The highest BCUT2D eigenvalue weighted by molar-refractivity contribution is 7.92. The molecule has 1 fully saturated rings. The largest absolute Gasteiger partial charge is 0.286 e. The highest BCUT2D eigenvalue weighted by Crippen LogP contribution is 2.26. The summed E-state index contributed by atoms with van der Waals surface area (Å²) in [6.45, 7) is 2.84. The maximum atomic E-state index is 12.9. The predicted molar refractivity (Wildman–Crippen MR) is 134 cm³/mol. The molecule has 0 aliphatic carbocycles. The van der Waals surface area contributed by atoms with Gasteiger partial charge in [0, 0.05) is 24.3 Å². The van der Waals surface area contributed by atoms with Crippen LogP contribution in [0, 0.1) is 6.92 Å². The van der Waals surface area contributed by atoms with Gasteiger partial charge in [-0.3, -0.25) is 15.3 Å². The second-order valence-electron chi connectivity index (χ2n) is 8.56. The minimum absolute atomic E-state index is 0.0455. The molecule has 1 amide bonds. The summed E-state index contributed by atoms with van der Waals surface area (Å²) in [5.74, 6) is -0.252. The van der Waals surface area contributed by atoms with E-state index in [2.05, 4.69) is 15.6 Å². The van der Waals surface area contributed by atoms with Gasteiger partial charge in [-0.05, 0) is 37.3 Å². The van der Waals surface area contributed by atoms with Gasteiger partial charge in [0.25, 0.3) is 5.91 Å². The number of amides is 1. The summed E-state index contributed by atoms with van der Waals surface area (Å²) in [5, 5.41) is 8.50. The van der Waals surface area contributed by atoms with E-state index in [1.165, 1.54) is 0 Å². The first-order chi connectivity index (χ1) is 16.4. The molecular weight excluding hydrogens is 448 g/mol. The molecule has 3 aromatic rings. The molecule has 2 aromatic carbocycles. The van der Waals surface area contributed by atoms with Gasteiger partial charge >= 0.3 is 0 Å². The second-order valence-corrected chi connectivity index (χ2v) is 10.9. The fourth-order valence-corrected chi connectivity index (χ4v) is 5.85. The van der Waals surface area contributed by atoms with Crippen molar-refractivity contribution in [3.8, 4) is 11.1 Å². The number of benzene rings is 2. The Hall–Kier alpha value is -3.23. The topological polar surface area (TPSA) is 95.2 Å². The molecule has 0 unspecified atom stereocenters. The van der Waals surface area contributed by atoms with E-state index in [0.717, 1.165) is 28.8 Å². The van der Waals surface area contributed by atoms with Crippen molar-refractivity contribution in [1.82, 2.24) is 20.6 Å². The zero-order chi connectivity index (χ0) is 24.0. The number of nitrogens with zero attached hydrogens (tertiary/aromatic N) is 2. The smallest absolute Gasteiger partial charge is 0.283 e. The van der Waals surface area contributed by atoms with Crippen LogP contribution in [-0.4, -0.2) is 53.6 Å². The lowest BCUT2D eigenvalue weighted by Gasteiger charge is -2.31. The molecule has 0 bridgehead atoms. The van der Waals surface area contributed by atoms with E-state index in [4.69, 9.17) is 0 Å². The van der Waals surface area contributed by atoms with Gasteiger partial charge in [-0.1, -0.05) is 72.8 Å². The number of carbonyl (C=O) groups excluding carboxylic acids is 1. The standard InChI is InChI=1S/C26H30N4O3S/c1-20-24(22-13-6-3-7-14-22)25(28-27-20)26(31)29-30-17-15-23(16-18-30)34(32,33)19-9-8-12-21-10-4-2-5-11-21/h2-11,13-14,23H,12,15-19H2,1H3,(H,27,28)(H,29,31). The van der Waals surface area contributed by atoms with Crippen LogP contribution >= 0.6 is 0 Å². The van der Waals surface area contributed by atoms with Crippen LogP contribution in [0.4, 0.5) is 0 Å². The average molecular weight is 479 g/mol. The van der Waals surface area contributed by atoms with Gasteiger partial charge in [-0.2, -0.15) is 5.10 Å². The molecule has 0 spiro atoms. The Bertz CT molecular complexity index is 1230. The number of aromatic nitrogens is 2. The summed E-state index contributed by atoms with van der Waals surface area (Å²) >= 11 is 0. The molecule has 1 aliphatic heterocycles. The zero-order valence-corrected chi connectivity index (χ0v) is 20.1. The molecule has 8 heteroatoms. The summed E-state index contributed by atoms with van der Waals surface area (Å²) in [6.07, 6.45) is 5.36. The fourth-order valence-electron chi connectivity index (χ4n) is 4.25. The lowest BCUT2D eigenvalue weighted by molar-refractivity contribution is 0.0747. The van der Waals surface area contributed by atoms with Gasteiger partial charge < -0.3 is 0 Å². The normalized spacial score (nSPS) is 15.6. The molecule has 0 atom stereocenters. The first-order valence-electron chi connectivity index (χ1n) is 11.5. The Kier molecular flexibility index (Phi) is 7.59. The number of aromatic amines is 1. The van der Waals surface area contributed by atoms with Crippen LogP contribution in [0.1, 0.15) is 34.6 Å². The SMILES string of the molecule is Cc1[nH]nc(C(=O)NN2CCC(S(=O)(=O)CC=CCc3ccccc3)CC2)c1-c1ccccc1. The van der Waals surface area contributed by atoms with E-state index in [-0.39, 0.29) is 11.7 Å². The molecule has 1 aliphatic rings. The molecule has 0 radical (unpaired) electrons. The van der Waals surface area contributed by atoms with Crippen molar-refractivity contribution in [2.75, 3.05) is 18.8 Å². The predicted octanol–water partition coefficient (Wildman–Crippen LogP) is 3.71. The average Bonchev–Trinajstić information content (AvgIpc) is 3.25. The molecule has 34 heavy (non-hydrogen) atoms. The number of hydrazine groups is 1. The number of hydrogen-bond donors (Lipinski definition) is 2. The Morgan fingerprint density at radius 3 is 2.38 bits per heavy atom. The number of nitrogens with one attached hydrogen (secondary N) is 2. The number of hydrogen-bond acceptors (Lipinski definition) is 5. The zero-order valence-electron chi connectivity index (χ0n) is 19.3. The van der Waals surface area contributed by atoms with Gasteiger partial charge in [0.1, 0.15) is 0 Å². The molecule has 178 valence electrons. The van der Waals surface area contributed by atoms with Gasteiger partial charge in [-0.25, -0.2) is 13.4 Å². The fraction of sp³-hybridized carbons (Fsp3) is 0.308. The van der Waals surface area contributed by atoms with Crippen LogP contribution < -0.4 is 5.43 Å². The second kappa shape index (κ2) is 10.8. The maximum Gasteiger partial charge on any atom is 0.286 e. The van der Waals surface area contributed by atoms with Crippen molar-refractivity contribution >= 4 is 15.7 Å². The van der Waals surface area contributed by atoms with Crippen LogP contribution in [0.5, 0.6) is 0 Å². The minimum atomic E-state index is -3.22. The lowest BCUT2D eigenvalue weighted by Crippen LogP contribution is -2.49. The Labute approximate surface area is 200 Å². The third kappa shape index (κ3) is 5.81. The summed E-state index contributed by atoms with van der Waals surface area (Å²) in [6, 6.07) is 19.6. The Morgan fingerprint density at radius 2 is 1.71 bits per heavy atom. The first kappa shape index (κ1) is 23.9. The van der Waals surface area contributed by atoms with Crippen LogP contribution in [0.3, 0.4) is 0 Å². The molecule has 0 saturated carbocycles. The van der Waals surface area contributed by atoms with Crippen molar-refractivity contribution in [1.29, 1.82) is 0 Å². The summed E-state index contributed by atoms with van der Waals surface area (Å²) in [4.78, 5) is 12.9. The number of allylic oxidation sites excluding steroid dienone is 1. The van der Waals surface area contributed by atoms with Crippen LogP contribution in [0.2, 0.25) is 0 Å². The van der Waals surface area contributed by atoms with E-state index in [1.807, 2.05) is 73.7 Å². The highest BCUT2D eigenvalue weighted by atomic mass is 32.2. The summed E-state index contributed by atoms with van der Waals surface area (Å²) in [7, 11) is -3.22. The van der Waals surface area contributed by atoms with Gasteiger partial charge in [0.2, 0.25) is 0 Å². The highest BCUT2D eigenvalue weighted by Gasteiger charge is 2.30. The van der Waals surface area contributed by atoms with Crippen molar-refractivity contribution in [3.63, 3.8) is 0 Å². The maximum absolute atomic E-state index is 12.9. The third-order valence-corrected chi connectivity index (χ3v) is 8.27. The van der Waals surface area contributed by atoms with Crippen molar-refractivity contribution in [2.45, 2.75) is 31.4 Å². The molecule has 1 saturated heterocycles. The molecule has 4 rings (SSSR count). The van der Waals surface area contributed by atoms with Crippen LogP contribution in [0.15, 0.2) is 72.8 Å². The van der Waals surface area contributed by atoms with Crippen molar-refractivity contribution in [2.24, 2.45) is 0 Å². The van der Waals surface area contributed by atoms with E-state index in [9.17, 15) is 13.2 Å². The Morgan fingerprint density at radius 1 is 1.06 bits per heavy atom. The van der Waals surface area contributed by atoms with E-state index < -0.39 is 15.1 Å². The molecule has 2 N–H and O–H groups in total. The molecule has 1 aromatic heterocycles. The van der Waals surface area contributed by atoms with Gasteiger partial charge in [0.05, 0.1) is 11.0 Å². The number of sulfone groups is 1. The molecule has 2 heterocycles. The monoisotopic (exact) mass is 478 g/mol. The van der Waals surface area contributed by atoms with Gasteiger partial charge in [0.15, 0.2) is 15.5 Å². The van der Waals surface area contributed by atoms with Crippen molar-refractivity contribution < 1.29 is 13.2 Å². The number of H-pyrrole nitrogens is 1. The van der Waals surface area contributed by atoms with Crippen LogP contribution in [-0.2, 0) is 16.3 Å². The quantitative estimate of drug-likeness (QED) is 0.481. The Balaban J connectivity index is 1.30. The lowest BCUT2D eigenvalue weighted by atomic mass is 10.0. The summed E-state index contributed by atoms with van der Waals surface area (Å²) in [5.41, 5.74) is 6.91. The van der Waals surface area contributed by atoms with E-state index in [0.29, 0.717) is 31.6 Å². The number of carbonyl (C=O) groups is 1. The number of piperidine rings is 1. The first-order valence-corrected chi connectivity index (χ1v) is 13.2. The molecular formula is C26H30N4O3S. The van der Waals surface area contributed by atoms with E-state index >= 15 is 0 Å². The van der Waals surface area contributed by atoms with Gasteiger partial charge in [-0.15, -0.1) is 0 Å². The van der Waals surface area contributed by atoms with Crippen LogP contribution in [0.25, 0.3) is 11.1 Å². The third-order valence-electron chi connectivity index (χ3n) is 6.13. The van der Waals surface area contributed by atoms with Crippen molar-refractivity contribution in [3.05, 3.63) is 89.8 Å².